The van der Waals surface area contributed by atoms with Crippen LogP contribution in [0.15, 0.2) is 36.5 Å². The molecule has 11 heteroatoms. The molecule has 0 fully saturated rings. The highest BCUT2D eigenvalue weighted by molar-refractivity contribution is 5.96. The third kappa shape index (κ3) is 5.51. The highest BCUT2D eigenvalue weighted by atomic mass is 19.3. The fourth-order valence-electron chi connectivity index (χ4n) is 2.24. The van der Waals surface area contributed by atoms with Crippen molar-refractivity contribution in [2.75, 3.05) is 7.11 Å². The molecule has 8 nitrogen and oxygen atoms in total. The summed E-state index contributed by atoms with van der Waals surface area (Å²) in [5.74, 6) is -1.66. The minimum absolute atomic E-state index is 0.0688. The summed E-state index contributed by atoms with van der Waals surface area (Å²) in [6.07, 6.45) is 0.926. The number of esters is 1. The SMILES string of the molecule is COC(=O)c1cc(C(C)=O)n2ncc(F)c2n1.NCc1cccc(OC(F)F)c1. The van der Waals surface area contributed by atoms with E-state index in [9.17, 15) is 22.8 Å². The monoisotopic (exact) mass is 410 g/mol. The molecular weight excluding hydrogens is 393 g/mol. The maximum Gasteiger partial charge on any atom is 0.387 e. The average Bonchev–Trinajstić information content (AvgIpc) is 3.07. The third-order valence-corrected chi connectivity index (χ3v) is 3.54. The first-order valence-electron chi connectivity index (χ1n) is 8.14. The molecule has 1 aromatic carbocycles. The Morgan fingerprint density at radius 2 is 2.00 bits per heavy atom. The molecule has 0 spiro atoms. The van der Waals surface area contributed by atoms with Crippen LogP contribution >= 0.6 is 0 Å². The molecule has 0 aliphatic rings. The highest BCUT2D eigenvalue weighted by Gasteiger charge is 2.17. The summed E-state index contributed by atoms with van der Waals surface area (Å²) >= 11 is 0. The molecule has 0 aliphatic carbocycles. The number of fused-ring (bicyclic) bond motifs is 1. The largest absolute Gasteiger partial charge is 0.464 e. The molecule has 3 aromatic rings. The van der Waals surface area contributed by atoms with Gasteiger partial charge in [-0.25, -0.2) is 18.7 Å². The third-order valence-electron chi connectivity index (χ3n) is 3.54. The van der Waals surface area contributed by atoms with Crippen LogP contribution in [0, 0.1) is 5.82 Å². The van der Waals surface area contributed by atoms with Crippen molar-refractivity contribution in [3.8, 4) is 5.75 Å². The number of nitrogens with zero attached hydrogens (tertiary/aromatic N) is 3. The van der Waals surface area contributed by atoms with E-state index in [0.717, 1.165) is 16.3 Å². The van der Waals surface area contributed by atoms with Crippen molar-refractivity contribution in [3.63, 3.8) is 0 Å². The zero-order valence-electron chi connectivity index (χ0n) is 15.4. The second-order valence-corrected chi connectivity index (χ2v) is 5.53. The van der Waals surface area contributed by atoms with Crippen LogP contribution in [0.1, 0.15) is 33.5 Å². The van der Waals surface area contributed by atoms with E-state index in [2.05, 4.69) is 19.6 Å². The molecule has 0 aliphatic heterocycles. The van der Waals surface area contributed by atoms with E-state index in [4.69, 9.17) is 5.73 Å². The van der Waals surface area contributed by atoms with E-state index in [1.807, 2.05) is 0 Å². The Bertz CT molecular complexity index is 1020. The first-order valence-corrected chi connectivity index (χ1v) is 8.14. The van der Waals surface area contributed by atoms with Gasteiger partial charge in [0.05, 0.1) is 13.3 Å². The molecule has 2 aromatic heterocycles. The predicted molar refractivity (Wildman–Crippen MR) is 95.3 cm³/mol. The van der Waals surface area contributed by atoms with Gasteiger partial charge in [0, 0.05) is 19.5 Å². The zero-order valence-corrected chi connectivity index (χ0v) is 15.4. The van der Waals surface area contributed by atoms with Crippen LogP contribution in [0.5, 0.6) is 5.75 Å². The summed E-state index contributed by atoms with van der Waals surface area (Å²) in [5.41, 5.74) is 5.83. The number of aromatic nitrogens is 3. The number of ether oxygens (including phenoxy) is 2. The van der Waals surface area contributed by atoms with Crippen LogP contribution in [0.4, 0.5) is 13.2 Å². The van der Waals surface area contributed by atoms with E-state index in [1.165, 1.54) is 32.2 Å². The van der Waals surface area contributed by atoms with Crippen molar-refractivity contribution >= 4 is 17.4 Å². The molecule has 2 heterocycles. The van der Waals surface area contributed by atoms with Crippen LogP contribution in [-0.2, 0) is 11.3 Å². The normalized spacial score (nSPS) is 10.4. The number of alkyl halides is 2. The second-order valence-electron chi connectivity index (χ2n) is 5.53. The van der Waals surface area contributed by atoms with Crippen molar-refractivity contribution in [1.29, 1.82) is 0 Å². The lowest BCUT2D eigenvalue weighted by molar-refractivity contribution is -0.0498. The molecule has 0 unspecified atom stereocenters. The molecule has 29 heavy (non-hydrogen) atoms. The van der Waals surface area contributed by atoms with E-state index in [0.29, 0.717) is 6.54 Å². The summed E-state index contributed by atoms with van der Waals surface area (Å²) in [6.45, 7) is -1.17. The molecular formula is C18H17F3N4O4. The fourth-order valence-corrected chi connectivity index (χ4v) is 2.24. The first-order chi connectivity index (χ1) is 13.8. The topological polar surface area (TPSA) is 109 Å². The molecule has 0 radical (unpaired) electrons. The van der Waals surface area contributed by atoms with E-state index in [1.54, 1.807) is 12.1 Å². The highest BCUT2D eigenvalue weighted by Crippen LogP contribution is 2.15. The average molecular weight is 410 g/mol. The molecule has 2 N–H and O–H groups in total. The van der Waals surface area contributed by atoms with Gasteiger partial charge in [0.2, 0.25) is 0 Å². The Labute approximate surface area is 163 Å². The van der Waals surface area contributed by atoms with Crippen LogP contribution < -0.4 is 10.5 Å². The molecule has 0 atom stereocenters. The Balaban J connectivity index is 0.000000221. The molecule has 3 rings (SSSR count). The van der Waals surface area contributed by atoms with Gasteiger partial charge in [-0.05, 0) is 17.7 Å². The number of Topliss-reactive ketones (excluding diaryl/α,β-unsaturated/α-hetero) is 1. The van der Waals surface area contributed by atoms with Crippen molar-refractivity contribution in [1.82, 2.24) is 14.6 Å². The standard InChI is InChI=1S/C10H8FN3O3.C8H9F2NO/c1-5(15)8-3-7(10(16)17-2)13-9-6(11)4-12-14(8)9;9-8(10)12-7-3-1-2-6(4-7)5-11/h3-4H,1-2H3;1-4,8H,5,11H2. The minimum Gasteiger partial charge on any atom is -0.464 e. The number of hydrogen-bond acceptors (Lipinski definition) is 7. The van der Waals surface area contributed by atoms with E-state index < -0.39 is 18.4 Å². The lowest BCUT2D eigenvalue weighted by Gasteiger charge is -2.04. The van der Waals surface area contributed by atoms with E-state index >= 15 is 0 Å². The maximum absolute atomic E-state index is 13.3. The lowest BCUT2D eigenvalue weighted by Crippen LogP contribution is -2.12. The van der Waals surface area contributed by atoms with Gasteiger partial charge in [-0.2, -0.15) is 13.9 Å². The van der Waals surface area contributed by atoms with Gasteiger partial charge in [-0.3, -0.25) is 4.79 Å². The van der Waals surface area contributed by atoms with Crippen molar-refractivity contribution in [3.05, 3.63) is 59.3 Å². The summed E-state index contributed by atoms with van der Waals surface area (Å²) in [5, 5.41) is 3.67. The Hall–Kier alpha value is -3.47. The number of benzene rings is 1. The Kier molecular flexibility index (Phi) is 7.26. The zero-order chi connectivity index (χ0) is 21.6. The number of ketones is 1. The van der Waals surface area contributed by atoms with E-state index in [-0.39, 0.29) is 28.6 Å². The Morgan fingerprint density at radius 3 is 2.59 bits per heavy atom. The van der Waals surface area contributed by atoms with Gasteiger partial charge in [-0.1, -0.05) is 12.1 Å². The van der Waals surface area contributed by atoms with Crippen LogP contribution in [0.2, 0.25) is 0 Å². The van der Waals surface area contributed by atoms with Gasteiger partial charge in [0.15, 0.2) is 22.9 Å². The number of halogens is 3. The van der Waals surface area contributed by atoms with Gasteiger partial charge in [0.1, 0.15) is 11.4 Å². The fraction of sp³-hybridized carbons (Fsp3) is 0.222. The van der Waals surface area contributed by atoms with Gasteiger partial charge < -0.3 is 15.2 Å². The maximum atomic E-state index is 13.3. The van der Waals surface area contributed by atoms with Crippen LogP contribution in [0.25, 0.3) is 5.65 Å². The van der Waals surface area contributed by atoms with Crippen molar-refractivity contribution in [2.24, 2.45) is 5.73 Å². The van der Waals surface area contributed by atoms with Crippen molar-refractivity contribution in [2.45, 2.75) is 20.1 Å². The summed E-state index contributed by atoms with van der Waals surface area (Å²) in [6, 6.07) is 7.54. The van der Waals surface area contributed by atoms with Gasteiger partial charge in [0.25, 0.3) is 0 Å². The summed E-state index contributed by atoms with van der Waals surface area (Å²) in [7, 11) is 1.17. The number of carbonyl (C=O) groups is 2. The number of hydrogen-bond donors (Lipinski definition) is 1. The number of nitrogens with two attached hydrogens (primary N) is 1. The van der Waals surface area contributed by atoms with Crippen LogP contribution in [0.3, 0.4) is 0 Å². The molecule has 0 saturated heterocycles. The lowest BCUT2D eigenvalue weighted by atomic mass is 10.2. The van der Waals surface area contributed by atoms with Gasteiger partial charge in [-0.15, -0.1) is 0 Å². The summed E-state index contributed by atoms with van der Waals surface area (Å²) < 4.78 is 46.4. The predicted octanol–water partition coefficient (Wildman–Crippen LogP) is 2.60. The number of rotatable bonds is 5. The molecule has 0 bridgehead atoms. The second kappa shape index (κ2) is 9.64. The first kappa shape index (κ1) is 21.8. The molecule has 154 valence electrons. The number of carbonyl (C=O) groups excluding carboxylic acids is 2. The number of methoxy groups -OCH3 is 1. The van der Waals surface area contributed by atoms with Crippen LogP contribution in [-0.4, -0.2) is 40.1 Å². The smallest absolute Gasteiger partial charge is 0.387 e. The van der Waals surface area contributed by atoms with Gasteiger partial charge >= 0.3 is 12.6 Å². The molecule has 0 amide bonds. The summed E-state index contributed by atoms with van der Waals surface area (Å²) in [4.78, 5) is 26.4. The quantitative estimate of drug-likeness (QED) is 0.509. The minimum atomic E-state index is -2.78. The van der Waals surface area contributed by atoms with Crippen molar-refractivity contribution < 1.29 is 32.2 Å². The molecule has 0 saturated carbocycles. The Morgan fingerprint density at radius 1 is 1.28 bits per heavy atom.